The van der Waals surface area contributed by atoms with Gasteiger partial charge in [-0.15, -0.1) is 0 Å². The van der Waals surface area contributed by atoms with E-state index in [1.54, 1.807) is 19.1 Å². The van der Waals surface area contributed by atoms with E-state index in [1.807, 2.05) is 26.0 Å². The second kappa shape index (κ2) is 7.13. The first-order chi connectivity index (χ1) is 10.6. The van der Waals surface area contributed by atoms with Crippen molar-refractivity contribution < 1.29 is 19.4 Å². The quantitative estimate of drug-likeness (QED) is 0.463. The zero-order chi connectivity index (χ0) is 16.1. The van der Waals surface area contributed by atoms with Gasteiger partial charge in [-0.1, -0.05) is 13.0 Å². The van der Waals surface area contributed by atoms with Gasteiger partial charge in [0.25, 0.3) is 0 Å². The Hall–Kier alpha value is -2.27. The molecule has 0 atom stereocenters. The van der Waals surface area contributed by atoms with Crippen LogP contribution in [0.3, 0.4) is 0 Å². The third kappa shape index (κ3) is 3.49. The van der Waals surface area contributed by atoms with Crippen molar-refractivity contribution >= 4 is 22.7 Å². The zero-order valence-electron chi connectivity index (χ0n) is 13.0. The Labute approximate surface area is 129 Å². The van der Waals surface area contributed by atoms with Crippen LogP contribution in [0, 0.1) is 6.92 Å². The van der Waals surface area contributed by atoms with Gasteiger partial charge in [-0.05, 0) is 44.0 Å². The van der Waals surface area contributed by atoms with Crippen molar-refractivity contribution in [3.05, 3.63) is 41.1 Å². The van der Waals surface area contributed by atoms with E-state index in [1.165, 1.54) is 0 Å². The minimum Gasteiger partial charge on any atom is -0.294 e. The Morgan fingerprint density at radius 2 is 1.95 bits per heavy atom. The molecule has 5 nitrogen and oxygen atoms in total. The number of pyridine rings is 1. The van der Waals surface area contributed by atoms with Gasteiger partial charge in [-0.3, -0.25) is 9.68 Å². The second-order valence-electron chi connectivity index (χ2n) is 5.01. The van der Waals surface area contributed by atoms with Gasteiger partial charge >= 0.3 is 5.97 Å². The van der Waals surface area contributed by atoms with Crippen molar-refractivity contribution in [3.63, 3.8) is 0 Å². The lowest BCUT2D eigenvalue weighted by molar-refractivity contribution is -0.237. The van der Waals surface area contributed by atoms with E-state index < -0.39 is 5.97 Å². The topological polar surface area (TPSA) is 65.5 Å². The number of hydrogen-bond donors (Lipinski definition) is 0. The molecular formula is C17H19NO4. The van der Waals surface area contributed by atoms with E-state index >= 15 is 0 Å². The number of nitrogens with zero attached hydrogens (tertiary/aromatic N) is 1. The summed E-state index contributed by atoms with van der Waals surface area (Å²) in [6.07, 6.45) is 1.34. The zero-order valence-corrected chi connectivity index (χ0v) is 13.0. The Morgan fingerprint density at radius 3 is 2.64 bits per heavy atom. The number of rotatable bonds is 6. The molecule has 2 rings (SSSR count). The summed E-state index contributed by atoms with van der Waals surface area (Å²) in [4.78, 5) is 37.3. The summed E-state index contributed by atoms with van der Waals surface area (Å²) >= 11 is 0. The lowest BCUT2D eigenvalue weighted by Crippen LogP contribution is -2.08. The summed E-state index contributed by atoms with van der Waals surface area (Å²) in [5, 5.41) is 0.818. The SMILES string of the molecule is CCCC(=O)c1cc2ccc(C(=O)OOCC)nc2cc1C. The molecule has 2 aromatic rings. The van der Waals surface area contributed by atoms with Crippen LogP contribution in [0.15, 0.2) is 24.3 Å². The summed E-state index contributed by atoms with van der Waals surface area (Å²) in [6.45, 7) is 5.85. The summed E-state index contributed by atoms with van der Waals surface area (Å²) in [6, 6.07) is 6.96. The Morgan fingerprint density at radius 1 is 1.18 bits per heavy atom. The van der Waals surface area contributed by atoms with E-state index in [2.05, 4.69) is 14.8 Å². The summed E-state index contributed by atoms with van der Waals surface area (Å²) < 4.78 is 0. The number of hydrogen-bond acceptors (Lipinski definition) is 5. The number of aromatic nitrogens is 1. The highest BCUT2D eigenvalue weighted by atomic mass is 17.2. The minimum absolute atomic E-state index is 0.127. The van der Waals surface area contributed by atoms with E-state index in [-0.39, 0.29) is 18.1 Å². The summed E-state index contributed by atoms with van der Waals surface area (Å²) in [5.41, 5.74) is 2.39. The molecule has 1 heterocycles. The van der Waals surface area contributed by atoms with Gasteiger partial charge in [-0.2, -0.15) is 4.89 Å². The molecule has 0 unspecified atom stereocenters. The van der Waals surface area contributed by atoms with Gasteiger partial charge in [0.2, 0.25) is 0 Å². The van der Waals surface area contributed by atoms with Crippen molar-refractivity contribution in [1.29, 1.82) is 0 Å². The first-order valence-corrected chi connectivity index (χ1v) is 7.35. The fourth-order valence-corrected chi connectivity index (χ4v) is 2.21. The number of benzene rings is 1. The maximum absolute atomic E-state index is 12.1. The number of fused-ring (bicyclic) bond motifs is 1. The molecule has 22 heavy (non-hydrogen) atoms. The molecule has 5 heteroatoms. The summed E-state index contributed by atoms with van der Waals surface area (Å²) in [5.74, 6) is -0.505. The third-order valence-electron chi connectivity index (χ3n) is 3.27. The van der Waals surface area contributed by atoms with Gasteiger partial charge in [0.1, 0.15) is 0 Å². The van der Waals surface area contributed by atoms with Crippen LogP contribution < -0.4 is 0 Å². The number of aryl methyl sites for hydroxylation is 1. The Bertz CT molecular complexity index is 709. The van der Waals surface area contributed by atoms with Gasteiger partial charge in [0.05, 0.1) is 12.1 Å². The second-order valence-corrected chi connectivity index (χ2v) is 5.01. The lowest BCUT2D eigenvalue weighted by Gasteiger charge is -2.08. The fourth-order valence-electron chi connectivity index (χ4n) is 2.21. The smallest absolute Gasteiger partial charge is 0.294 e. The molecule has 0 N–H and O–H groups in total. The molecule has 0 aliphatic carbocycles. The van der Waals surface area contributed by atoms with Crippen LogP contribution >= 0.6 is 0 Å². The average molecular weight is 301 g/mol. The molecule has 0 fully saturated rings. The van der Waals surface area contributed by atoms with Gasteiger partial charge in [-0.25, -0.2) is 9.78 Å². The Kier molecular flexibility index (Phi) is 5.22. The van der Waals surface area contributed by atoms with Gasteiger partial charge < -0.3 is 0 Å². The van der Waals surface area contributed by atoms with Gasteiger partial charge in [0, 0.05) is 17.4 Å². The molecule has 0 saturated heterocycles. The molecule has 0 spiro atoms. The standard InChI is InChI=1S/C17H19NO4/c1-4-6-16(19)13-10-12-7-8-14(17(20)22-21-5-2)18-15(12)9-11(13)3/h7-10H,4-6H2,1-3H3. The molecule has 0 aliphatic rings. The number of Topliss-reactive ketones (excluding diaryl/α,β-unsaturated/α-hetero) is 1. The van der Waals surface area contributed by atoms with Crippen molar-refractivity contribution in [3.8, 4) is 0 Å². The molecule has 0 bridgehead atoms. The Balaban J connectivity index is 2.37. The highest BCUT2D eigenvalue weighted by Gasteiger charge is 2.14. The molecular weight excluding hydrogens is 282 g/mol. The highest BCUT2D eigenvalue weighted by molar-refractivity contribution is 6.01. The molecule has 1 aromatic heterocycles. The predicted octanol–water partition coefficient (Wildman–Crippen LogP) is 3.63. The van der Waals surface area contributed by atoms with Crippen LogP contribution in [-0.4, -0.2) is 23.3 Å². The van der Waals surface area contributed by atoms with Crippen molar-refractivity contribution in [2.45, 2.75) is 33.6 Å². The monoisotopic (exact) mass is 301 g/mol. The van der Waals surface area contributed by atoms with Crippen LogP contribution in [-0.2, 0) is 9.78 Å². The fraction of sp³-hybridized carbons (Fsp3) is 0.353. The highest BCUT2D eigenvalue weighted by Crippen LogP contribution is 2.21. The van der Waals surface area contributed by atoms with E-state index in [0.717, 1.165) is 17.4 Å². The van der Waals surface area contributed by atoms with Crippen molar-refractivity contribution in [1.82, 2.24) is 4.98 Å². The molecule has 0 aliphatic heterocycles. The van der Waals surface area contributed by atoms with Crippen molar-refractivity contribution in [2.75, 3.05) is 6.61 Å². The van der Waals surface area contributed by atoms with Gasteiger partial charge in [0.15, 0.2) is 11.5 Å². The summed E-state index contributed by atoms with van der Waals surface area (Å²) in [7, 11) is 0. The van der Waals surface area contributed by atoms with E-state index in [4.69, 9.17) is 0 Å². The predicted molar refractivity (Wildman–Crippen MR) is 82.8 cm³/mol. The average Bonchev–Trinajstić information content (AvgIpc) is 2.51. The molecule has 0 radical (unpaired) electrons. The maximum Gasteiger partial charge on any atom is 0.391 e. The van der Waals surface area contributed by atoms with Crippen LogP contribution in [0.5, 0.6) is 0 Å². The molecule has 1 aromatic carbocycles. The van der Waals surface area contributed by atoms with Crippen molar-refractivity contribution in [2.24, 2.45) is 0 Å². The number of carbonyl (C=O) groups is 2. The molecule has 116 valence electrons. The lowest BCUT2D eigenvalue weighted by atomic mass is 9.99. The van der Waals surface area contributed by atoms with Crippen LogP contribution in [0.1, 0.15) is 53.1 Å². The number of carbonyl (C=O) groups excluding carboxylic acids is 2. The first-order valence-electron chi connectivity index (χ1n) is 7.35. The van der Waals surface area contributed by atoms with Crippen LogP contribution in [0.25, 0.3) is 10.9 Å². The minimum atomic E-state index is -0.632. The maximum atomic E-state index is 12.1. The van der Waals surface area contributed by atoms with E-state index in [9.17, 15) is 9.59 Å². The molecule has 0 amide bonds. The number of ketones is 1. The molecule has 0 saturated carbocycles. The van der Waals surface area contributed by atoms with Crippen LogP contribution in [0.2, 0.25) is 0 Å². The normalized spacial score (nSPS) is 10.7. The van der Waals surface area contributed by atoms with Crippen LogP contribution in [0.4, 0.5) is 0 Å². The van der Waals surface area contributed by atoms with E-state index in [0.29, 0.717) is 17.5 Å². The first kappa shape index (κ1) is 16.1. The third-order valence-corrected chi connectivity index (χ3v) is 3.27. The largest absolute Gasteiger partial charge is 0.391 e.